The minimum absolute atomic E-state index is 0.0630. The minimum atomic E-state index is -0.842. The van der Waals surface area contributed by atoms with Crippen molar-refractivity contribution >= 4 is 5.91 Å². The van der Waals surface area contributed by atoms with Crippen LogP contribution in [0, 0.1) is 0 Å². The van der Waals surface area contributed by atoms with Crippen LogP contribution in [0.3, 0.4) is 0 Å². The Labute approximate surface area is 109 Å². The van der Waals surface area contributed by atoms with Gasteiger partial charge in [-0.1, -0.05) is 6.07 Å². The summed E-state index contributed by atoms with van der Waals surface area (Å²) in [5, 5.41) is 9.64. The lowest BCUT2D eigenvalue weighted by Gasteiger charge is -2.25. The largest absolute Gasteiger partial charge is 0.389 e. The van der Waals surface area contributed by atoms with Gasteiger partial charge in [0.15, 0.2) is 0 Å². The molecule has 1 aromatic rings. The molecule has 0 fully saturated rings. The molecule has 100 valence electrons. The van der Waals surface area contributed by atoms with Gasteiger partial charge in [0.1, 0.15) is 0 Å². The van der Waals surface area contributed by atoms with Crippen molar-refractivity contribution in [3.8, 4) is 0 Å². The Morgan fingerprint density at radius 2 is 2.17 bits per heavy atom. The molecule has 0 saturated heterocycles. The van der Waals surface area contributed by atoms with Crippen molar-refractivity contribution in [1.29, 1.82) is 0 Å². The maximum atomic E-state index is 11.8. The van der Waals surface area contributed by atoms with Crippen LogP contribution in [0.2, 0.25) is 0 Å². The zero-order chi connectivity index (χ0) is 13.6. The molecule has 4 nitrogen and oxygen atoms in total. The Morgan fingerprint density at radius 1 is 1.44 bits per heavy atom. The van der Waals surface area contributed by atoms with Crippen molar-refractivity contribution in [2.24, 2.45) is 0 Å². The molecule has 1 heterocycles. The van der Waals surface area contributed by atoms with Crippen molar-refractivity contribution < 1.29 is 9.90 Å². The van der Waals surface area contributed by atoms with Crippen LogP contribution in [0.15, 0.2) is 24.4 Å². The van der Waals surface area contributed by atoms with E-state index in [4.69, 9.17) is 0 Å². The third-order valence-electron chi connectivity index (χ3n) is 2.60. The quantitative estimate of drug-likeness (QED) is 0.835. The molecule has 1 rings (SSSR count). The van der Waals surface area contributed by atoms with E-state index in [1.165, 1.54) is 0 Å². The summed E-state index contributed by atoms with van der Waals surface area (Å²) in [4.78, 5) is 17.6. The number of hydrogen-bond acceptors (Lipinski definition) is 3. The molecular formula is C14H22N2O2. The second kappa shape index (κ2) is 6.50. The van der Waals surface area contributed by atoms with E-state index in [2.05, 4.69) is 4.98 Å². The van der Waals surface area contributed by atoms with Crippen molar-refractivity contribution in [3.05, 3.63) is 30.1 Å². The van der Waals surface area contributed by atoms with Gasteiger partial charge < -0.3 is 10.0 Å². The summed E-state index contributed by atoms with van der Waals surface area (Å²) in [6, 6.07) is 5.79. The summed E-state index contributed by atoms with van der Waals surface area (Å²) in [6.07, 6.45) is 3.84. The molecule has 0 aliphatic rings. The molecule has 0 aliphatic heterocycles. The van der Waals surface area contributed by atoms with Crippen molar-refractivity contribution in [2.45, 2.75) is 38.7 Å². The number of likely N-dealkylation sites (N-methyl/N-ethyl adjacent to an activating group) is 1. The predicted molar refractivity (Wildman–Crippen MR) is 71.1 cm³/mol. The molecule has 4 heteroatoms. The maximum Gasteiger partial charge on any atom is 0.222 e. The second-order valence-electron chi connectivity index (χ2n) is 5.24. The van der Waals surface area contributed by atoms with Crippen LogP contribution < -0.4 is 0 Å². The van der Waals surface area contributed by atoms with Crippen LogP contribution in [-0.4, -0.2) is 40.1 Å². The normalized spacial score (nSPS) is 11.3. The van der Waals surface area contributed by atoms with Crippen LogP contribution >= 0.6 is 0 Å². The second-order valence-corrected chi connectivity index (χ2v) is 5.24. The van der Waals surface area contributed by atoms with Crippen molar-refractivity contribution in [2.75, 3.05) is 13.6 Å². The first-order chi connectivity index (χ1) is 8.38. The number of pyridine rings is 1. The van der Waals surface area contributed by atoms with E-state index >= 15 is 0 Å². The van der Waals surface area contributed by atoms with E-state index in [1.807, 2.05) is 18.2 Å². The molecule has 0 atom stereocenters. The average Bonchev–Trinajstić information content (AvgIpc) is 2.28. The lowest BCUT2D eigenvalue weighted by atomic mass is 10.1. The minimum Gasteiger partial charge on any atom is -0.389 e. The topological polar surface area (TPSA) is 53.4 Å². The van der Waals surface area contributed by atoms with Gasteiger partial charge in [0.2, 0.25) is 5.91 Å². The summed E-state index contributed by atoms with van der Waals surface area (Å²) in [5.41, 5.74) is 0.168. The smallest absolute Gasteiger partial charge is 0.222 e. The fourth-order valence-corrected chi connectivity index (χ4v) is 1.83. The number of aliphatic hydroxyl groups is 1. The third kappa shape index (κ3) is 5.77. The number of amides is 1. The van der Waals surface area contributed by atoms with Gasteiger partial charge in [-0.2, -0.15) is 0 Å². The number of carbonyl (C=O) groups is 1. The highest BCUT2D eigenvalue weighted by atomic mass is 16.3. The molecule has 0 bridgehead atoms. The zero-order valence-corrected chi connectivity index (χ0v) is 11.4. The summed E-state index contributed by atoms with van der Waals surface area (Å²) in [7, 11) is 1.72. The summed E-state index contributed by atoms with van der Waals surface area (Å²) >= 11 is 0. The number of carbonyl (C=O) groups excluding carboxylic acids is 1. The molecule has 0 unspecified atom stereocenters. The number of aryl methyl sites for hydroxylation is 1. The fraction of sp³-hybridized carbons (Fsp3) is 0.571. The van der Waals surface area contributed by atoms with E-state index in [9.17, 15) is 9.90 Å². The predicted octanol–water partition coefficient (Wildman–Crippen LogP) is 1.63. The summed E-state index contributed by atoms with van der Waals surface area (Å²) < 4.78 is 0. The maximum absolute atomic E-state index is 11.8. The van der Waals surface area contributed by atoms with E-state index in [-0.39, 0.29) is 5.91 Å². The van der Waals surface area contributed by atoms with Gasteiger partial charge in [-0.05, 0) is 38.8 Å². The molecule has 0 aliphatic carbocycles. The van der Waals surface area contributed by atoms with Gasteiger partial charge in [-0.3, -0.25) is 9.78 Å². The molecular weight excluding hydrogens is 228 g/mol. The first kappa shape index (κ1) is 14.6. The highest BCUT2D eigenvalue weighted by molar-refractivity contribution is 5.75. The Hall–Kier alpha value is -1.42. The molecule has 1 N–H and O–H groups in total. The number of aromatic nitrogens is 1. The summed E-state index contributed by atoms with van der Waals surface area (Å²) in [6.45, 7) is 3.75. The molecule has 0 aromatic carbocycles. The van der Waals surface area contributed by atoms with Gasteiger partial charge in [-0.25, -0.2) is 0 Å². The molecule has 0 saturated carbocycles. The Morgan fingerprint density at radius 3 is 2.72 bits per heavy atom. The van der Waals surface area contributed by atoms with Crippen LogP contribution in [0.25, 0.3) is 0 Å². The monoisotopic (exact) mass is 250 g/mol. The lowest BCUT2D eigenvalue weighted by molar-refractivity contribution is -0.132. The molecule has 1 aromatic heterocycles. The number of hydrogen-bond donors (Lipinski definition) is 1. The van der Waals surface area contributed by atoms with Crippen LogP contribution in [0.1, 0.15) is 32.4 Å². The molecule has 1 amide bonds. The van der Waals surface area contributed by atoms with Gasteiger partial charge in [-0.15, -0.1) is 0 Å². The van der Waals surface area contributed by atoms with E-state index < -0.39 is 5.60 Å². The van der Waals surface area contributed by atoms with Gasteiger partial charge >= 0.3 is 0 Å². The Kier molecular flexibility index (Phi) is 5.28. The molecule has 18 heavy (non-hydrogen) atoms. The van der Waals surface area contributed by atoms with Crippen molar-refractivity contribution in [3.63, 3.8) is 0 Å². The highest BCUT2D eigenvalue weighted by Crippen LogP contribution is 2.07. The van der Waals surface area contributed by atoms with E-state index in [0.29, 0.717) is 13.0 Å². The highest BCUT2D eigenvalue weighted by Gasteiger charge is 2.18. The van der Waals surface area contributed by atoms with Gasteiger partial charge in [0.05, 0.1) is 5.60 Å². The first-order valence-electron chi connectivity index (χ1n) is 6.25. The molecule has 0 radical (unpaired) electrons. The van der Waals surface area contributed by atoms with E-state index in [0.717, 1.165) is 18.5 Å². The molecule has 0 spiro atoms. The average molecular weight is 250 g/mol. The SMILES string of the molecule is CN(CC(C)(C)O)C(=O)CCCc1ccccn1. The fourth-order valence-electron chi connectivity index (χ4n) is 1.83. The van der Waals surface area contributed by atoms with E-state index in [1.54, 1.807) is 32.0 Å². The number of rotatable bonds is 6. The van der Waals surface area contributed by atoms with Gasteiger partial charge in [0, 0.05) is 31.9 Å². The summed E-state index contributed by atoms with van der Waals surface area (Å²) in [5.74, 6) is 0.0630. The zero-order valence-electron chi connectivity index (χ0n) is 11.4. The standard InChI is InChI=1S/C14H22N2O2/c1-14(2,18)11-16(3)13(17)9-6-8-12-7-4-5-10-15-12/h4-5,7,10,18H,6,8-9,11H2,1-3H3. The van der Waals surface area contributed by atoms with Crippen LogP contribution in [0.5, 0.6) is 0 Å². The Bertz CT molecular complexity index is 371. The van der Waals surface area contributed by atoms with Crippen LogP contribution in [-0.2, 0) is 11.2 Å². The first-order valence-corrected chi connectivity index (χ1v) is 6.25. The Balaban J connectivity index is 2.29. The lowest BCUT2D eigenvalue weighted by Crippen LogP contribution is -2.39. The van der Waals surface area contributed by atoms with Crippen LogP contribution in [0.4, 0.5) is 0 Å². The number of nitrogens with zero attached hydrogens (tertiary/aromatic N) is 2. The third-order valence-corrected chi connectivity index (χ3v) is 2.60. The van der Waals surface area contributed by atoms with Gasteiger partial charge in [0.25, 0.3) is 0 Å². The van der Waals surface area contributed by atoms with Crippen molar-refractivity contribution in [1.82, 2.24) is 9.88 Å².